The maximum absolute atomic E-state index is 12.0. The minimum Gasteiger partial charge on any atom is -0.478 e. The Morgan fingerprint density at radius 2 is 1.76 bits per heavy atom. The largest absolute Gasteiger partial charge is 0.478 e. The van der Waals surface area contributed by atoms with Crippen molar-refractivity contribution >= 4 is 11.9 Å². The SMILES string of the molecule is CC(C)(C)c1ccc(C(O)CNC(=O)c2ccc(C(=O)O)cn2)cc1. The molecule has 132 valence electrons. The first kappa shape index (κ1) is 18.6. The first-order chi connectivity index (χ1) is 11.7. The third-order valence-electron chi connectivity index (χ3n) is 3.86. The fourth-order valence-electron chi connectivity index (χ4n) is 2.26. The van der Waals surface area contributed by atoms with Crippen LogP contribution in [0.15, 0.2) is 42.6 Å². The van der Waals surface area contributed by atoms with Crippen LogP contribution in [0.4, 0.5) is 0 Å². The second-order valence-corrected chi connectivity index (χ2v) is 6.84. The number of benzene rings is 1. The normalized spacial score (nSPS) is 12.5. The smallest absolute Gasteiger partial charge is 0.337 e. The summed E-state index contributed by atoms with van der Waals surface area (Å²) in [5.41, 5.74) is 2.01. The molecule has 0 radical (unpaired) electrons. The van der Waals surface area contributed by atoms with Gasteiger partial charge in [0.25, 0.3) is 5.91 Å². The van der Waals surface area contributed by atoms with Crippen molar-refractivity contribution in [3.05, 3.63) is 65.0 Å². The van der Waals surface area contributed by atoms with E-state index in [-0.39, 0.29) is 23.2 Å². The number of amides is 1. The first-order valence-corrected chi connectivity index (χ1v) is 7.94. The van der Waals surface area contributed by atoms with Crippen LogP contribution in [0.5, 0.6) is 0 Å². The summed E-state index contributed by atoms with van der Waals surface area (Å²) in [5, 5.41) is 21.6. The Balaban J connectivity index is 1.95. The summed E-state index contributed by atoms with van der Waals surface area (Å²) in [4.78, 5) is 26.6. The Bertz CT molecular complexity index is 746. The molecule has 1 atom stereocenters. The van der Waals surface area contributed by atoms with Crippen molar-refractivity contribution in [2.45, 2.75) is 32.3 Å². The fraction of sp³-hybridized carbons (Fsp3) is 0.316. The van der Waals surface area contributed by atoms with Gasteiger partial charge in [0.2, 0.25) is 0 Å². The number of nitrogens with zero attached hydrogens (tertiary/aromatic N) is 1. The number of nitrogens with one attached hydrogen (secondary N) is 1. The van der Waals surface area contributed by atoms with Crippen molar-refractivity contribution in [2.75, 3.05) is 6.54 Å². The van der Waals surface area contributed by atoms with Crippen molar-refractivity contribution in [1.29, 1.82) is 0 Å². The van der Waals surface area contributed by atoms with E-state index in [1.54, 1.807) is 0 Å². The molecule has 2 rings (SSSR count). The predicted molar refractivity (Wildman–Crippen MR) is 93.6 cm³/mol. The van der Waals surface area contributed by atoms with Crippen molar-refractivity contribution in [2.24, 2.45) is 0 Å². The number of pyridine rings is 1. The zero-order valence-corrected chi connectivity index (χ0v) is 14.5. The number of carboxylic acid groups (broad SMARTS) is 1. The zero-order valence-electron chi connectivity index (χ0n) is 14.5. The van der Waals surface area contributed by atoms with Crippen LogP contribution >= 0.6 is 0 Å². The average molecular weight is 342 g/mol. The van der Waals surface area contributed by atoms with Crippen molar-refractivity contribution in [3.63, 3.8) is 0 Å². The highest BCUT2D eigenvalue weighted by Gasteiger charge is 2.16. The molecule has 1 amide bonds. The number of hydrogen-bond acceptors (Lipinski definition) is 4. The Morgan fingerprint density at radius 1 is 1.12 bits per heavy atom. The van der Waals surface area contributed by atoms with E-state index in [1.807, 2.05) is 24.3 Å². The summed E-state index contributed by atoms with van der Waals surface area (Å²) in [6.45, 7) is 6.37. The quantitative estimate of drug-likeness (QED) is 0.775. The summed E-state index contributed by atoms with van der Waals surface area (Å²) in [7, 11) is 0. The topological polar surface area (TPSA) is 99.5 Å². The Hall–Kier alpha value is -2.73. The number of carbonyl (C=O) groups excluding carboxylic acids is 1. The Labute approximate surface area is 146 Å². The molecule has 1 aromatic heterocycles. The number of aromatic carboxylic acids is 1. The van der Waals surface area contributed by atoms with Crippen molar-refractivity contribution in [1.82, 2.24) is 10.3 Å². The van der Waals surface area contributed by atoms with Gasteiger partial charge in [0.1, 0.15) is 5.69 Å². The van der Waals surface area contributed by atoms with Gasteiger partial charge < -0.3 is 15.5 Å². The van der Waals surface area contributed by atoms with Crippen molar-refractivity contribution < 1.29 is 19.8 Å². The van der Waals surface area contributed by atoms with Gasteiger partial charge in [0.05, 0.1) is 11.7 Å². The van der Waals surface area contributed by atoms with Crippen LogP contribution in [0.2, 0.25) is 0 Å². The lowest BCUT2D eigenvalue weighted by Gasteiger charge is -2.20. The van der Waals surface area contributed by atoms with E-state index in [9.17, 15) is 14.7 Å². The van der Waals surface area contributed by atoms with Crippen LogP contribution in [-0.2, 0) is 5.41 Å². The summed E-state index contributed by atoms with van der Waals surface area (Å²) >= 11 is 0. The lowest BCUT2D eigenvalue weighted by molar-refractivity contribution is 0.0695. The molecule has 25 heavy (non-hydrogen) atoms. The number of rotatable bonds is 5. The van der Waals surface area contributed by atoms with E-state index in [4.69, 9.17) is 5.11 Å². The highest BCUT2D eigenvalue weighted by molar-refractivity contribution is 5.93. The van der Waals surface area contributed by atoms with Crippen LogP contribution in [0.25, 0.3) is 0 Å². The maximum atomic E-state index is 12.0. The number of carbonyl (C=O) groups is 2. The average Bonchev–Trinajstić information content (AvgIpc) is 2.58. The van der Waals surface area contributed by atoms with E-state index in [0.29, 0.717) is 5.56 Å². The van der Waals surface area contributed by atoms with E-state index in [2.05, 4.69) is 31.1 Å². The molecule has 0 aliphatic heterocycles. The highest BCUT2D eigenvalue weighted by Crippen LogP contribution is 2.23. The second-order valence-electron chi connectivity index (χ2n) is 6.84. The van der Waals surface area contributed by atoms with E-state index >= 15 is 0 Å². The Kier molecular flexibility index (Phi) is 5.54. The first-order valence-electron chi connectivity index (χ1n) is 7.94. The molecule has 0 spiro atoms. The third kappa shape index (κ3) is 4.87. The number of hydrogen-bond donors (Lipinski definition) is 3. The van der Waals surface area contributed by atoms with Gasteiger partial charge in [-0.25, -0.2) is 4.79 Å². The number of aliphatic hydroxyl groups excluding tert-OH is 1. The molecule has 6 heteroatoms. The summed E-state index contributed by atoms with van der Waals surface area (Å²) in [6, 6.07) is 10.3. The molecule has 3 N–H and O–H groups in total. The monoisotopic (exact) mass is 342 g/mol. The maximum Gasteiger partial charge on any atom is 0.337 e. The van der Waals surface area contributed by atoms with Gasteiger partial charge in [-0.1, -0.05) is 45.0 Å². The summed E-state index contributed by atoms with van der Waals surface area (Å²) in [5.74, 6) is -1.57. The number of aromatic nitrogens is 1. The molecule has 1 unspecified atom stereocenters. The molecular formula is C19H22N2O4. The molecule has 0 aliphatic rings. The summed E-state index contributed by atoms with van der Waals surface area (Å²) < 4.78 is 0. The molecule has 1 heterocycles. The summed E-state index contributed by atoms with van der Waals surface area (Å²) in [6.07, 6.45) is 0.287. The molecule has 6 nitrogen and oxygen atoms in total. The molecule has 0 fully saturated rings. The van der Waals surface area contributed by atoms with Crippen LogP contribution < -0.4 is 5.32 Å². The van der Waals surface area contributed by atoms with E-state index < -0.39 is 18.0 Å². The Morgan fingerprint density at radius 3 is 2.24 bits per heavy atom. The number of aliphatic hydroxyl groups is 1. The van der Waals surface area contributed by atoms with Gasteiger partial charge in [0.15, 0.2) is 0 Å². The lowest BCUT2D eigenvalue weighted by Crippen LogP contribution is -2.29. The predicted octanol–water partition coefficient (Wildman–Crippen LogP) is 2.54. The molecule has 0 bridgehead atoms. The molecule has 1 aromatic carbocycles. The molecule has 2 aromatic rings. The highest BCUT2D eigenvalue weighted by atomic mass is 16.4. The van der Waals surface area contributed by atoms with Crippen LogP contribution in [0.1, 0.15) is 58.8 Å². The fourth-order valence-corrected chi connectivity index (χ4v) is 2.26. The van der Waals surface area contributed by atoms with Crippen molar-refractivity contribution in [3.8, 4) is 0 Å². The van der Waals surface area contributed by atoms with Crippen LogP contribution in [0.3, 0.4) is 0 Å². The van der Waals surface area contributed by atoms with Gasteiger partial charge in [-0.15, -0.1) is 0 Å². The number of carboxylic acids is 1. The van der Waals surface area contributed by atoms with Gasteiger partial charge in [0, 0.05) is 12.7 Å². The molecule has 0 saturated carbocycles. The zero-order chi connectivity index (χ0) is 18.6. The van der Waals surface area contributed by atoms with Gasteiger partial charge in [-0.2, -0.15) is 0 Å². The standard InChI is InChI=1S/C19H22N2O4/c1-19(2,3)14-7-4-12(5-8-14)16(22)11-21-17(23)15-9-6-13(10-20-15)18(24)25/h4-10,16,22H,11H2,1-3H3,(H,21,23)(H,24,25). The van der Waals surface area contributed by atoms with E-state index in [1.165, 1.54) is 12.1 Å². The second kappa shape index (κ2) is 7.44. The van der Waals surface area contributed by atoms with E-state index in [0.717, 1.165) is 11.8 Å². The lowest BCUT2D eigenvalue weighted by atomic mass is 9.86. The van der Waals surface area contributed by atoms with Crippen LogP contribution in [0, 0.1) is 0 Å². The molecule has 0 aliphatic carbocycles. The van der Waals surface area contributed by atoms with Gasteiger partial charge >= 0.3 is 5.97 Å². The van der Waals surface area contributed by atoms with Crippen LogP contribution in [-0.4, -0.2) is 33.6 Å². The minimum atomic E-state index is -1.10. The van der Waals surface area contributed by atoms with Gasteiger partial charge in [-0.3, -0.25) is 9.78 Å². The van der Waals surface area contributed by atoms with Gasteiger partial charge in [-0.05, 0) is 28.7 Å². The minimum absolute atomic E-state index is 0.00974. The molecule has 0 saturated heterocycles. The molecular weight excluding hydrogens is 320 g/mol. The third-order valence-corrected chi connectivity index (χ3v) is 3.86.